The minimum absolute atomic E-state index is 0.0191. The second-order valence-corrected chi connectivity index (χ2v) is 10.6. The highest BCUT2D eigenvalue weighted by molar-refractivity contribution is 8.00. The number of carboxylic acids is 1. The number of hydrogen-bond acceptors (Lipinski definition) is 8. The Bertz CT molecular complexity index is 1930. The number of anilines is 2. The fraction of sp³-hybridized carbons (Fsp3) is 0.0625. The second kappa shape index (κ2) is 11.8. The smallest absolute Gasteiger partial charge is 0.336 e. The SMILES string of the molecule is CC(Sc1nc(N)c(C#N)c(-c2ccccc2)c1C#N)C(=O)Nc1ccc(-c2cc(C(=O)O)c3ccccc3n2)cc1. The van der Waals surface area contributed by atoms with Gasteiger partial charge in [0.25, 0.3) is 0 Å². The van der Waals surface area contributed by atoms with Crippen molar-refractivity contribution in [2.75, 3.05) is 11.1 Å². The van der Waals surface area contributed by atoms with Crippen molar-refractivity contribution in [3.63, 3.8) is 0 Å². The molecule has 0 saturated heterocycles. The van der Waals surface area contributed by atoms with Gasteiger partial charge in [0.05, 0.1) is 27.6 Å². The standard InChI is InChI=1S/C32H22N6O3S/c1-18(42-31-25(17-34)28(20-7-3-2-4-8-20)24(16-33)29(35)38-31)30(39)36-21-13-11-19(12-14-21)27-15-23(32(40)41)22-9-5-6-10-26(22)37-27/h2-15,18H,1H3,(H2,35,38)(H,36,39)(H,40,41). The summed E-state index contributed by atoms with van der Waals surface area (Å²) in [6.45, 7) is 1.68. The number of thioether (sulfide) groups is 1. The van der Waals surface area contributed by atoms with E-state index < -0.39 is 11.2 Å². The van der Waals surface area contributed by atoms with Crippen molar-refractivity contribution < 1.29 is 14.7 Å². The van der Waals surface area contributed by atoms with Gasteiger partial charge < -0.3 is 16.2 Å². The van der Waals surface area contributed by atoms with Gasteiger partial charge in [-0.2, -0.15) is 10.5 Å². The van der Waals surface area contributed by atoms with Crippen LogP contribution in [0.25, 0.3) is 33.3 Å². The summed E-state index contributed by atoms with van der Waals surface area (Å²) in [7, 11) is 0. The number of nitrogens with zero attached hydrogens (tertiary/aromatic N) is 4. The van der Waals surface area contributed by atoms with Crippen LogP contribution in [0.3, 0.4) is 0 Å². The fourth-order valence-corrected chi connectivity index (χ4v) is 5.38. The van der Waals surface area contributed by atoms with E-state index in [0.717, 1.165) is 11.8 Å². The van der Waals surface area contributed by atoms with E-state index in [0.29, 0.717) is 39.0 Å². The van der Waals surface area contributed by atoms with Gasteiger partial charge >= 0.3 is 5.97 Å². The summed E-state index contributed by atoms with van der Waals surface area (Å²) in [6, 6.07) is 28.6. The van der Waals surface area contributed by atoms with Gasteiger partial charge in [-0.1, -0.05) is 72.4 Å². The predicted molar refractivity (Wildman–Crippen MR) is 162 cm³/mol. The first-order valence-corrected chi connectivity index (χ1v) is 13.6. The van der Waals surface area contributed by atoms with Crippen molar-refractivity contribution in [3.8, 4) is 34.5 Å². The van der Waals surface area contributed by atoms with Crippen molar-refractivity contribution in [2.45, 2.75) is 17.2 Å². The van der Waals surface area contributed by atoms with Crippen molar-refractivity contribution >= 4 is 46.0 Å². The Morgan fingerprint density at radius 1 is 0.905 bits per heavy atom. The molecule has 3 aromatic carbocycles. The second-order valence-electron chi connectivity index (χ2n) is 9.22. The number of nitrogens with one attached hydrogen (secondary N) is 1. The zero-order chi connectivity index (χ0) is 29.8. The number of para-hydroxylation sites is 1. The van der Waals surface area contributed by atoms with Gasteiger partial charge in [0.2, 0.25) is 5.91 Å². The highest BCUT2D eigenvalue weighted by atomic mass is 32.2. The number of hydrogen-bond donors (Lipinski definition) is 3. The molecule has 1 atom stereocenters. The lowest BCUT2D eigenvalue weighted by atomic mass is 9.97. The molecule has 1 unspecified atom stereocenters. The molecule has 2 aromatic heterocycles. The van der Waals surface area contributed by atoms with Crippen LogP contribution in [0, 0.1) is 22.7 Å². The number of rotatable bonds is 7. The average Bonchev–Trinajstić information content (AvgIpc) is 3.00. The fourth-order valence-electron chi connectivity index (χ4n) is 4.47. The normalized spacial score (nSPS) is 11.3. The molecular weight excluding hydrogens is 548 g/mol. The number of carboxylic acid groups (broad SMARTS) is 1. The third-order valence-electron chi connectivity index (χ3n) is 6.53. The minimum Gasteiger partial charge on any atom is -0.478 e. The molecule has 0 fully saturated rings. The number of nitriles is 2. The van der Waals surface area contributed by atoms with E-state index in [2.05, 4.69) is 21.4 Å². The van der Waals surface area contributed by atoms with Crippen LogP contribution in [-0.4, -0.2) is 32.2 Å². The lowest BCUT2D eigenvalue weighted by Crippen LogP contribution is -2.22. The number of fused-ring (bicyclic) bond motifs is 1. The molecule has 0 spiro atoms. The molecular formula is C32H22N6O3S. The van der Waals surface area contributed by atoms with E-state index in [1.54, 1.807) is 79.7 Å². The minimum atomic E-state index is -1.04. The number of amides is 1. The van der Waals surface area contributed by atoms with E-state index in [1.807, 2.05) is 12.1 Å². The van der Waals surface area contributed by atoms with Crippen molar-refractivity contribution in [2.24, 2.45) is 0 Å². The summed E-state index contributed by atoms with van der Waals surface area (Å²) in [5.74, 6) is -1.40. The summed E-state index contributed by atoms with van der Waals surface area (Å²) in [5, 5.41) is 32.4. The van der Waals surface area contributed by atoms with Gasteiger partial charge in [-0.25, -0.2) is 14.8 Å². The molecule has 42 heavy (non-hydrogen) atoms. The van der Waals surface area contributed by atoms with E-state index >= 15 is 0 Å². The van der Waals surface area contributed by atoms with Gasteiger partial charge in [-0.05, 0) is 36.8 Å². The van der Waals surface area contributed by atoms with Crippen LogP contribution in [0.5, 0.6) is 0 Å². The molecule has 9 nitrogen and oxygen atoms in total. The summed E-state index contributed by atoms with van der Waals surface area (Å²) in [6.07, 6.45) is 0. The Balaban J connectivity index is 1.37. The Kier molecular flexibility index (Phi) is 7.82. The maximum Gasteiger partial charge on any atom is 0.336 e. The lowest BCUT2D eigenvalue weighted by Gasteiger charge is -2.16. The molecule has 2 heterocycles. The van der Waals surface area contributed by atoms with E-state index in [9.17, 15) is 25.2 Å². The Hall–Kier alpha value is -5.71. The van der Waals surface area contributed by atoms with Crippen molar-refractivity contribution in [1.29, 1.82) is 10.5 Å². The summed E-state index contributed by atoms with van der Waals surface area (Å²) in [5.41, 5.74) is 9.83. The van der Waals surface area contributed by atoms with Crippen molar-refractivity contribution in [1.82, 2.24) is 9.97 Å². The number of aromatic carboxylic acids is 1. The highest BCUT2D eigenvalue weighted by Gasteiger charge is 2.24. The Labute approximate surface area is 245 Å². The van der Waals surface area contributed by atoms with Crippen LogP contribution in [-0.2, 0) is 4.79 Å². The first-order valence-electron chi connectivity index (χ1n) is 12.7. The van der Waals surface area contributed by atoms with Crippen LogP contribution < -0.4 is 11.1 Å². The van der Waals surface area contributed by atoms with Gasteiger partial charge in [0.15, 0.2) is 0 Å². The number of benzene rings is 3. The van der Waals surface area contributed by atoms with E-state index in [4.69, 9.17) is 5.73 Å². The third-order valence-corrected chi connectivity index (χ3v) is 7.62. The number of aromatic nitrogens is 2. The monoisotopic (exact) mass is 570 g/mol. The topological polar surface area (TPSA) is 166 Å². The molecule has 0 radical (unpaired) electrons. The maximum atomic E-state index is 13.1. The molecule has 0 aliphatic heterocycles. The van der Waals surface area contributed by atoms with Crippen LogP contribution >= 0.6 is 11.8 Å². The highest BCUT2D eigenvalue weighted by Crippen LogP contribution is 2.37. The number of carbonyl (C=O) groups is 2. The van der Waals surface area contributed by atoms with Gasteiger partial charge in [0, 0.05) is 22.2 Å². The zero-order valence-corrected chi connectivity index (χ0v) is 23.0. The molecule has 0 aliphatic rings. The largest absolute Gasteiger partial charge is 0.478 e. The third kappa shape index (κ3) is 5.48. The van der Waals surface area contributed by atoms with E-state index in [-0.39, 0.29) is 33.4 Å². The average molecular weight is 571 g/mol. The maximum absolute atomic E-state index is 13.1. The van der Waals surface area contributed by atoms with Crippen molar-refractivity contribution in [3.05, 3.63) is 102 Å². The molecule has 1 amide bonds. The Morgan fingerprint density at radius 2 is 1.57 bits per heavy atom. The molecule has 5 rings (SSSR count). The zero-order valence-electron chi connectivity index (χ0n) is 22.2. The van der Waals surface area contributed by atoms with E-state index in [1.165, 1.54) is 6.07 Å². The quantitative estimate of drug-likeness (QED) is 0.196. The van der Waals surface area contributed by atoms with Gasteiger partial charge in [0.1, 0.15) is 28.5 Å². The lowest BCUT2D eigenvalue weighted by molar-refractivity contribution is -0.115. The number of nitrogens with two attached hydrogens (primary N) is 1. The summed E-state index contributed by atoms with van der Waals surface area (Å²) < 4.78 is 0. The summed E-state index contributed by atoms with van der Waals surface area (Å²) in [4.78, 5) is 33.8. The molecule has 0 bridgehead atoms. The van der Waals surface area contributed by atoms with Crippen LogP contribution in [0.15, 0.2) is 90.0 Å². The van der Waals surface area contributed by atoms with Crippen LogP contribution in [0.2, 0.25) is 0 Å². The van der Waals surface area contributed by atoms with Gasteiger partial charge in [-0.3, -0.25) is 4.79 Å². The molecule has 10 heteroatoms. The molecule has 5 aromatic rings. The van der Waals surface area contributed by atoms with Gasteiger partial charge in [-0.15, -0.1) is 0 Å². The number of carbonyl (C=O) groups excluding carboxylic acids is 1. The molecule has 204 valence electrons. The first kappa shape index (κ1) is 27.8. The van der Waals surface area contributed by atoms with Crippen LogP contribution in [0.4, 0.5) is 11.5 Å². The molecule has 0 saturated carbocycles. The Morgan fingerprint density at radius 3 is 2.24 bits per heavy atom. The molecule has 4 N–H and O–H groups in total. The molecule has 0 aliphatic carbocycles. The van der Waals surface area contributed by atoms with Crippen LogP contribution in [0.1, 0.15) is 28.4 Å². The summed E-state index contributed by atoms with van der Waals surface area (Å²) >= 11 is 1.07. The first-order chi connectivity index (χ1) is 20.3. The number of pyridine rings is 2. The predicted octanol–water partition coefficient (Wildman–Crippen LogP) is 6.11. The number of nitrogen functional groups attached to an aromatic ring is 1.